The summed E-state index contributed by atoms with van der Waals surface area (Å²) >= 11 is 0. The van der Waals surface area contributed by atoms with Crippen LogP contribution in [-0.4, -0.2) is 30.6 Å². The number of rotatable bonds is 4. The van der Waals surface area contributed by atoms with Crippen LogP contribution in [0.3, 0.4) is 0 Å². The summed E-state index contributed by atoms with van der Waals surface area (Å²) in [5, 5.41) is 0. The third-order valence-corrected chi connectivity index (χ3v) is 10.6. The van der Waals surface area contributed by atoms with E-state index in [9.17, 15) is 9.59 Å². The number of Topliss-reactive ketones (excluding diaryl/α,β-unsaturated/α-hetero) is 1. The molecule has 6 fully saturated rings. The lowest BCUT2D eigenvalue weighted by molar-refractivity contribution is -0.307. The van der Waals surface area contributed by atoms with Crippen LogP contribution in [0.2, 0.25) is 0 Å². The first kappa shape index (κ1) is 20.0. The fourth-order valence-electron chi connectivity index (χ4n) is 9.24. The molecular formula is C25H38O4. The third-order valence-electron chi connectivity index (χ3n) is 10.6. The van der Waals surface area contributed by atoms with Gasteiger partial charge in [-0.1, -0.05) is 20.8 Å². The van der Waals surface area contributed by atoms with E-state index in [0.29, 0.717) is 54.3 Å². The Balaban J connectivity index is 1.44. The van der Waals surface area contributed by atoms with Crippen molar-refractivity contribution >= 4 is 11.8 Å². The van der Waals surface area contributed by atoms with Crippen molar-refractivity contribution in [1.29, 1.82) is 0 Å². The van der Waals surface area contributed by atoms with Gasteiger partial charge in [-0.3, -0.25) is 9.59 Å². The molecule has 4 saturated carbocycles. The molecule has 2 heterocycles. The van der Waals surface area contributed by atoms with Gasteiger partial charge in [-0.2, -0.15) is 0 Å². The molecule has 4 bridgehead atoms. The Hall–Kier alpha value is -0.900. The lowest BCUT2D eigenvalue weighted by atomic mass is 9.40. The normalized spacial score (nSPS) is 51.3. The molecular weight excluding hydrogens is 364 g/mol. The number of carbonyl (C=O) groups excluding carboxylic acids is 2. The molecule has 4 heteroatoms. The summed E-state index contributed by atoms with van der Waals surface area (Å²) in [7, 11) is 1.47. The van der Waals surface area contributed by atoms with Gasteiger partial charge >= 0.3 is 5.97 Å². The number of ether oxygens (including phenoxy) is 2. The van der Waals surface area contributed by atoms with Crippen LogP contribution in [0.25, 0.3) is 0 Å². The summed E-state index contributed by atoms with van der Waals surface area (Å²) in [5.74, 6) is 2.93. The number of esters is 1. The summed E-state index contributed by atoms with van der Waals surface area (Å²) in [6, 6.07) is 0. The molecule has 29 heavy (non-hydrogen) atoms. The molecule has 0 amide bonds. The Bertz CT molecular complexity index is 718. The maximum Gasteiger partial charge on any atom is 0.305 e. The molecule has 0 aromatic heterocycles. The van der Waals surface area contributed by atoms with E-state index >= 15 is 0 Å². The third kappa shape index (κ3) is 2.47. The summed E-state index contributed by atoms with van der Waals surface area (Å²) in [6.45, 7) is 7.07. The molecule has 2 saturated heterocycles. The van der Waals surface area contributed by atoms with Crippen LogP contribution in [0.4, 0.5) is 0 Å². The maximum atomic E-state index is 14.0. The van der Waals surface area contributed by atoms with Crippen LogP contribution in [0.5, 0.6) is 0 Å². The van der Waals surface area contributed by atoms with Crippen molar-refractivity contribution in [2.75, 3.05) is 7.11 Å². The number of fused-ring (bicyclic) bond motifs is 3. The first-order chi connectivity index (χ1) is 13.8. The molecule has 2 aliphatic heterocycles. The molecule has 4 aliphatic carbocycles. The van der Waals surface area contributed by atoms with Gasteiger partial charge in [0.1, 0.15) is 5.60 Å². The molecule has 0 aromatic rings. The van der Waals surface area contributed by atoms with E-state index in [1.165, 1.54) is 45.6 Å². The summed E-state index contributed by atoms with van der Waals surface area (Å²) in [4.78, 5) is 25.7. The van der Waals surface area contributed by atoms with Crippen LogP contribution in [0.15, 0.2) is 0 Å². The number of hydrogen-bond acceptors (Lipinski definition) is 4. The standard InChI is InChI=1S/C25H38O4/c1-15(5-10-22(27)28-4)18-8-9-19-20-7-6-16-13-17-11-12-24(16,3)25(20,29-17)21(26)14-23(18,19)2/h15-20H,5-14H2,1-4H3/t15-,16+,17+,18-,19+,20+,23+,24-,25-/m0/s1. The highest BCUT2D eigenvalue weighted by Crippen LogP contribution is 2.72. The molecule has 0 aromatic carbocycles. The van der Waals surface area contributed by atoms with Gasteiger partial charge in [0.05, 0.1) is 13.2 Å². The van der Waals surface area contributed by atoms with Gasteiger partial charge in [0, 0.05) is 18.3 Å². The van der Waals surface area contributed by atoms with E-state index in [1.54, 1.807) is 0 Å². The number of methoxy groups -OCH3 is 1. The lowest BCUT2D eigenvalue weighted by Crippen LogP contribution is -2.75. The first-order valence-corrected chi connectivity index (χ1v) is 12.0. The SMILES string of the molecule is COC(=O)CC[C@H](C)[C@@H]1CC[C@@H]2[C@H]3CC[C@@H]4C[C@H]5CC[C@]4(C)[C@@]3(O5)C(=O)C[C@@]21C. The van der Waals surface area contributed by atoms with E-state index in [-0.39, 0.29) is 16.8 Å². The molecule has 6 aliphatic rings. The Morgan fingerprint density at radius 3 is 2.69 bits per heavy atom. The van der Waals surface area contributed by atoms with Crippen LogP contribution >= 0.6 is 0 Å². The van der Waals surface area contributed by atoms with Crippen molar-refractivity contribution in [3.05, 3.63) is 0 Å². The van der Waals surface area contributed by atoms with Gasteiger partial charge in [-0.05, 0) is 86.4 Å². The van der Waals surface area contributed by atoms with Crippen molar-refractivity contribution in [1.82, 2.24) is 0 Å². The van der Waals surface area contributed by atoms with Gasteiger partial charge < -0.3 is 9.47 Å². The molecule has 4 nitrogen and oxygen atoms in total. The van der Waals surface area contributed by atoms with E-state index in [2.05, 4.69) is 20.8 Å². The summed E-state index contributed by atoms with van der Waals surface area (Å²) in [6.07, 6.45) is 10.7. The predicted octanol–water partition coefficient (Wildman–Crippen LogP) is 4.94. The fourth-order valence-corrected chi connectivity index (χ4v) is 9.24. The average molecular weight is 403 g/mol. The van der Waals surface area contributed by atoms with Crippen molar-refractivity contribution in [3.8, 4) is 0 Å². The van der Waals surface area contributed by atoms with Gasteiger partial charge in [-0.15, -0.1) is 0 Å². The minimum Gasteiger partial charge on any atom is -0.469 e. The highest BCUT2D eigenvalue weighted by Gasteiger charge is 2.74. The lowest BCUT2D eigenvalue weighted by Gasteiger charge is -2.70. The Kier molecular flexibility index (Phi) is 4.52. The zero-order chi connectivity index (χ0) is 20.6. The second-order valence-corrected chi connectivity index (χ2v) is 11.5. The van der Waals surface area contributed by atoms with Gasteiger partial charge in [0.25, 0.3) is 0 Å². The Morgan fingerprint density at radius 2 is 1.93 bits per heavy atom. The second kappa shape index (κ2) is 6.55. The number of carbonyl (C=O) groups is 2. The van der Waals surface area contributed by atoms with Gasteiger partial charge in [0.2, 0.25) is 0 Å². The minimum atomic E-state index is -0.495. The molecule has 0 N–H and O–H groups in total. The Labute approximate surface area is 175 Å². The quantitative estimate of drug-likeness (QED) is 0.625. The second-order valence-electron chi connectivity index (χ2n) is 11.5. The van der Waals surface area contributed by atoms with Crippen LogP contribution in [-0.2, 0) is 19.1 Å². The van der Waals surface area contributed by atoms with Crippen molar-refractivity contribution < 1.29 is 19.1 Å². The maximum absolute atomic E-state index is 14.0. The zero-order valence-electron chi connectivity index (χ0n) is 18.7. The Morgan fingerprint density at radius 1 is 1.17 bits per heavy atom. The molecule has 9 atom stereocenters. The van der Waals surface area contributed by atoms with E-state index < -0.39 is 5.60 Å². The molecule has 162 valence electrons. The fraction of sp³-hybridized carbons (Fsp3) is 0.920. The van der Waals surface area contributed by atoms with E-state index in [4.69, 9.17) is 9.47 Å². The number of ketones is 1. The largest absolute Gasteiger partial charge is 0.469 e. The molecule has 6 rings (SSSR count). The molecule has 1 spiro atoms. The first-order valence-electron chi connectivity index (χ1n) is 12.0. The van der Waals surface area contributed by atoms with Crippen molar-refractivity contribution in [3.63, 3.8) is 0 Å². The predicted molar refractivity (Wildman–Crippen MR) is 110 cm³/mol. The monoisotopic (exact) mass is 402 g/mol. The van der Waals surface area contributed by atoms with Crippen molar-refractivity contribution in [2.45, 2.75) is 96.7 Å². The van der Waals surface area contributed by atoms with Crippen molar-refractivity contribution in [2.24, 2.45) is 40.4 Å². The molecule has 0 unspecified atom stereocenters. The van der Waals surface area contributed by atoms with Crippen LogP contribution in [0, 0.1) is 40.4 Å². The highest BCUT2D eigenvalue weighted by atomic mass is 16.5. The highest BCUT2D eigenvalue weighted by molar-refractivity contribution is 5.91. The topological polar surface area (TPSA) is 52.6 Å². The van der Waals surface area contributed by atoms with Gasteiger partial charge in [-0.25, -0.2) is 0 Å². The number of hydrogen-bond donors (Lipinski definition) is 0. The van der Waals surface area contributed by atoms with Crippen LogP contribution in [0.1, 0.15) is 85.0 Å². The zero-order valence-corrected chi connectivity index (χ0v) is 18.7. The smallest absolute Gasteiger partial charge is 0.305 e. The van der Waals surface area contributed by atoms with E-state index in [0.717, 1.165) is 12.8 Å². The molecule has 0 radical (unpaired) electrons. The summed E-state index contributed by atoms with van der Waals surface area (Å²) < 4.78 is 11.7. The average Bonchev–Trinajstić information content (AvgIpc) is 3.02. The minimum absolute atomic E-state index is 0.0532. The summed E-state index contributed by atoms with van der Waals surface area (Å²) in [5.41, 5.74) is -0.380. The van der Waals surface area contributed by atoms with E-state index in [1.807, 2.05) is 0 Å². The van der Waals surface area contributed by atoms with Crippen LogP contribution < -0.4 is 0 Å². The van der Waals surface area contributed by atoms with Gasteiger partial charge in [0.15, 0.2) is 5.78 Å².